The Bertz CT molecular complexity index is 427. The van der Waals surface area contributed by atoms with Crippen LogP contribution in [0.5, 0.6) is 0 Å². The van der Waals surface area contributed by atoms with Crippen molar-refractivity contribution in [1.29, 1.82) is 0 Å². The molecule has 0 radical (unpaired) electrons. The Kier molecular flexibility index (Phi) is 2.51. The molecule has 3 N–H and O–H groups in total. The first-order valence-electron chi connectivity index (χ1n) is 4.87. The first-order valence-corrected chi connectivity index (χ1v) is 4.87. The van der Waals surface area contributed by atoms with Gasteiger partial charge in [0.05, 0.1) is 6.54 Å². The molecule has 4 heteroatoms. The van der Waals surface area contributed by atoms with E-state index in [9.17, 15) is 9.59 Å². The van der Waals surface area contributed by atoms with E-state index in [0.29, 0.717) is 18.4 Å². The van der Waals surface area contributed by atoms with E-state index < -0.39 is 0 Å². The van der Waals surface area contributed by atoms with Crippen LogP contribution in [0.3, 0.4) is 0 Å². The van der Waals surface area contributed by atoms with Crippen molar-refractivity contribution in [2.24, 2.45) is 5.73 Å². The van der Waals surface area contributed by atoms with Crippen LogP contribution in [-0.4, -0.2) is 18.2 Å². The number of fused-ring (bicyclic) bond motifs is 1. The van der Waals surface area contributed by atoms with Crippen LogP contribution in [0.25, 0.3) is 0 Å². The van der Waals surface area contributed by atoms with Crippen molar-refractivity contribution in [2.75, 3.05) is 11.9 Å². The molecule has 0 saturated carbocycles. The summed E-state index contributed by atoms with van der Waals surface area (Å²) in [5.41, 5.74) is 7.71. The van der Waals surface area contributed by atoms with E-state index in [1.807, 2.05) is 6.07 Å². The topological polar surface area (TPSA) is 72.2 Å². The van der Waals surface area contributed by atoms with Gasteiger partial charge in [-0.1, -0.05) is 0 Å². The minimum Gasteiger partial charge on any atom is -0.326 e. The first kappa shape index (κ1) is 9.86. The highest BCUT2D eigenvalue weighted by Gasteiger charge is 2.15. The Labute approximate surface area is 87.5 Å². The number of amides is 1. The van der Waals surface area contributed by atoms with Gasteiger partial charge in [-0.3, -0.25) is 9.59 Å². The van der Waals surface area contributed by atoms with Gasteiger partial charge in [0.15, 0.2) is 5.78 Å². The van der Waals surface area contributed by atoms with Crippen LogP contribution in [0.2, 0.25) is 0 Å². The molecule has 0 aromatic heterocycles. The second-order valence-corrected chi connectivity index (χ2v) is 3.55. The summed E-state index contributed by atoms with van der Waals surface area (Å²) >= 11 is 0. The third-order valence-corrected chi connectivity index (χ3v) is 2.51. The van der Waals surface area contributed by atoms with Crippen LogP contribution < -0.4 is 11.1 Å². The molecule has 15 heavy (non-hydrogen) atoms. The number of hydrogen-bond donors (Lipinski definition) is 2. The van der Waals surface area contributed by atoms with Gasteiger partial charge in [-0.05, 0) is 30.2 Å². The summed E-state index contributed by atoms with van der Waals surface area (Å²) in [5, 5.41) is 2.76. The van der Waals surface area contributed by atoms with Crippen LogP contribution in [0.1, 0.15) is 22.3 Å². The lowest BCUT2D eigenvalue weighted by molar-refractivity contribution is -0.116. The maximum absolute atomic E-state index is 11.4. The van der Waals surface area contributed by atoms with Gasteiger partial charge in [-0.25, -0.2) is 0 Å². The van der Waals surface area contributed by atoms with Crippen molar-refractivity contribution < 1.29 is 9.59 Å². The van der Waals surface area contributed by atoms with Crippen molar-refractivity contribution >= 4 is 17.4 Å². The molecule has 0 spiro atoms. The largest absolute Gasteiger partial charge is 0.326 e. The number of carbonyl (C=O) groups is 2. The van der Waals surface area contributed by atoms with Gasteiger partial charge < -0.3 is 11.1 Å². The Morgan fingerprint density at radius 1 is 1.40 bits per heavy atom. The van der Waals surface area contributed by atoms with E-state index in [-0.39, 0.29) is 18.2 Å². The third-order valence-electron chi connectivity index (χ3n) is 2.51. The molecule has 1 aliphatic heterocycles. The summed E-state index contributed by atoms with van der Waals surface area (Å²) in [7, 11) is 0. The molecule has 1 aromatic rings. The predicted octanol–water partition coefficient (Wildman–Crippen LogP) is 0.713. The summed E-state index contributed by atoms with van der Waals surface area (Å²) in [6.07, 6.45) is 1.17. The van der Waals surface area contributed by atoms with Crippen LogP contribution in [0, 0.1) is 0 Å². The fraction of sp³-hybridized carbons (Fsp3) is 0.273. The van der Waals surface area contributed by atoms with Gasteiger partial charge in [-0.2, -0.15) is 0 Å². The van der Waals surface area contributed by atoms with Gasteiger partial charge >= 0.3 is 0 Å². The molecule has 0 fully saturated rings. The van der Waals surface area contributed by atoms with Crippen molar-refractivity contribution in [2.45, 2.75) is 12.8 Å². The zero-order valence-corrected chi connectivity index (χ0v) is 8.25. The molecular weight excluding hydrogens is 192 g/mol. The molecule has 2 rings (SSSR count). The Morgan fingerprint density at radius 2 is 2.20 bits per heavy atom. The number of hydrogen-bond acceptors (Lipinski definition) is 3. The number of anilines is 1. The average Bonchev–Trinajstić information content (AvgIpc) is 2.27. The van der Waals surface area contributed by atoms with Gasteiger partial charge in [0.2, 0.25) is 5.91 Å². The fourth-order valence-electron chi connectivity index (χ4n) is 1.67. The van der Waals surface area contributed by atoms with Gasteiger partial charge in [0.1, 0.15) is 0 Å². The van der Waals surface area contributed by atoms with E-state index >= 15 is 0 Å². The number of rotatable bonds is 2. The first-order chi connectivity index (χ1) is 7.20. The standard InChI is InChI=1S/C11H12N2O2/c12-6-10(14)8-1-3-9-7(5-8)2-4-11(15)13-9/h1,3,5H,2,4,6,12H2,(H,13,15). The molecule has 78 valence electrons. The highest BCUT2D eigenvalue weighted by Crippen LogP contribution is 2.23. The van der Waals surface area contributed by atoms with E-state index in [2.05, 4.69) is 5.32 Å². The SMILES string of the molecule is NCC(=O)c1ccc2c(c1)CCC(=O)N2. The van der Waals surface area contributed by atoms with Crippen LogP contribution in [0.15, 0.2) is 18.2 Å². The van der Waals surface area contributed by atoms with Crippen LogP contribution in [-0.2, 0) is 11.2 Å². The maximum atomic E-state index is 11.4. The number of nitrogens with one attached hydrogen (secondary N) is 1. The minimum absolute atomic E-state index is 0.0190. The predicted molar refractivity (Wildman–Crippen MR) is 56.8 cm³/mol. The van der Waals surface area contributed by atoms with Crippen LogP contribution >= 0.6 is 0 Å². The molecule has 0 unspecified atom stereocenters. The van der Waals surface area contributed by atoms with E-state index in [1.165, 1.54) is 0 Å². The molecule has 0 atom stereocenters. The average molecular weight is 204 g/mol. The molecule has 1 aliphatic rings. The fourth-order valence-corrected chi connectivity index (χ4v) is 1.67. The lowest BCUT2D eigenvalue weighted by atomic mass is 9.99. The summed E-state index contributed by atoms with van der Waals surface area (Å²) in [5.74, 6) is -0.0462. The molecular formula is C11H12N2O2. The summed E-state index contributed by atoms with van der Waals surface area (Å²) in [6, 6.07) is 5.26. The molecule has 1 heterocycles. The van der Waals surface area contributed by atoms with Gasteiger partial charge in [-0.15, -0.1) is 0 Å². The Morgan fingerprint density at radius 3 is 2.93 bits per heavy atom. The monoisotopic (exact) mass is 204 g/mol. The number of aryl methyl sites for hydroxylation is 1. The minimum atomic E-state index is -0.0744. The quantitative estimate of drug-likeness (QED) is 0.697. The number of nitrogens with two attached hydrogens (primary N) is 1. The second kappa shape index (κ2) is 3.82. The zero-order valence-electron chi connectivity index (χ0n) is 8.25. The van der Waals surface area contributed by atoms with Crippen molar-refractivity contribution in [3.8, 4) is 0 Å². The third kappa shape index (κ3) is 1.89. The van der Waals surface area contributed by atoms with Gasteiger partial charge in [0, 0.05) is 17.7 Å². The van der Waals surface area contributed by atoms with Crippen LogP contribution in [0.4, 0.5) is 5.69 Å². The van der Waals surface area contributed by atoms with E-state index in [1.54, 1.807) is 12.1 Å². The molecule has 1 amide bonds. The number of Topliss-reactive ketones (excluding diaryl/α,β-unsaturated/α-hetero) is 1. The Balaban J connectivity index is 2.34. The Hall–Kier alpha value is -1.68. The van der Waals surface area contributed by atoms with E-state index in [4.69, 9.17) is 5.73 Å². The normalized spacial score (nSPS) is 14.3. The highest BCUT2D eigenvalue weighted by molar-refractivity contribution is 5.99. The summed E-state index contributed by atoms with van der Waals surface area (Å²) in [4.78, 5) is 22.5. The molecule has 0 saturated heterocycles. The molecule has 4 nitrogen and oxygen atoms in total. The highest BCUT2D eigenvalue weighted by atomic mass is 16.1. The van der Waals surface area contributed by atoms with Crippen molar-refractivity contribution in [3.05, 3.63) is 29.3 Å². The zero-order chi connectivity index (χ0) is 10.8. The van der Waals surface area contributed by atoms with E-state index in [0.717, 1.165) is 11.3 Å². The number of carbonyl (C=O) groups excluding carboxylic acids is 2. The molecule has 0 aliphatic carbocycles. The van der Waals surface area contributed by atoms with Crippen molar-refractivity contribution in [1.82, 2.24) is 0 Å². The lowest BCUT2D eigenvalue weighted by Crippen LogP contribution is -2.20. The smallest absolute Gasteiger partial charge is 0.224 e. The molecule has 1 aromatic carbocycles. The van der Waals surface area contributed by atoms with Crippen molar-refractivity contribution in [3.63, 3.8) is 0 Å². The lowest BCUT2D eigenvalue weighted by Gasteiger charge is -2.17. The summed E-state index contributed by atoms with van der Waals surface area (Å²) in [6.45, 7) is 0.0190. The maximum Gasteiger partial charge on any atom is 0.224 e. The summed E-state index contributed by atoms with van der Waals surface area (Å²) < 4.78 is 0. The molecule has 0 bridgehead atoms. The number of benzene rings is 1. The second-order valence-electron chi connectivity index (χ2n) is 3.55. The number of ketones is 1. The van der Waals surface area contributed by atoms with Gasteiger partial charge in [0.25, 0.3) is 0 Å².